The number of aliphatic hydroxyl groups is 1. The molecule has 3 aromatic carbocycles. The highest BCUT2D eigenvalue weighted by Gasteiger charge is 2.44. The molecule has 1 aliphatic rings. The molecular weight excluding hydrogens is 428 g/mol. The Kier molecular flexibility index (Phi) is 5.01. The van der Waals surface area contributed by atoms with Crippen LogP contribution in [0.25, 0.3) is 11.0 Å². The fourth-order valence-corrected chi connectivity index (χ4v) is 4.05. The first kappa shape index (κ1) is 20.6. The molecule has 0 spiro atoms. The third-order valence-corrected chi connectivity index (χ3v) is 5.65. The van der Waals surface area contributed by atoms with Crippen LogP contribution in [-0.4, -0.2) is 21.7 Å². The highest BCUT2D eigenvalue weighted by atomic mass is 19.1. The number of hydrogen-bond acceptors (Lipinski definition) is 4. The maximum absolute atomic E-state index is 13.6. The van der Waals surface area contributed by atoms with Crippen LogP contribution >= 0.6 is 0 Å². The van der Waals surface area contributed by atoms with Gasteiger partial charge >= 0.3 is 0 Å². The topological polar surface area (TPSA) is 70.8 Å². The number of hydrogen-bond donors (Lipinski definition) is 1. The summed E-state index contributed by atoms with van der Waals surface area (Å²) in [5, 5.41) is 11.4. The van der Waals surface area contributed by atoms with Crippen molar-refractivity contribution in [3.8, 4) is 0 Å². The second kappa shape index (κ2) is 8.02. The number of furan rings is 1. The summed E-state index contributed by atoms with van der Waals surface area (Å²) in [5.74, 6) is -3.03. The number of carbonyl (C=O) groups is 2. The first-order valence-corrected chi connectivity index (χ1v) is 10.2. The highest BCUT2D eigenvalue weighted by molar-refractivity contribution is 6.16. The van der Waals surface area contributed by atoms with Crippen LogP contribution in [0.1, 0.15) is 27.7 Å². The summed E-state index contributed by atoms with van der Waals surface area (Å²) in [6, 6.07) is 18.5. The quantitative estimate of drug-likeness (QED) is 0.413. The van der Waals surface area contributed by atoms with Gasteiger partial charge in [-0.15, -0.1) is 0 Å². The number of nitrogens with zero attached hydrogens (tertiary/aromatic N) is 1. The van der Waals surface area contributed by atoms with Crippen LogP contribution in [-0.2, 0) is 11.3 Å². The predicted molar refractivity (Wildman–Crippen MR) is 116 cm³/mol. The van der Waals surface area contributed by atoms with Gasteiger partial charge in [-0.2, -0.15) is 0 Å². The van der Waals surface area contributed by atoms with Gasteiger partial charge in [-0.3, -0.25) is 9.59 Å². The summed E-state index contributed by atoms with van der Waals surface area (Å²) in [5.41, 5.74) is 1.37. The molecule has 2 heterocycles. The zero-order valence-electron chi connectivity index (χ0n) is 17.2. The average molecular weight is 445 g/mol. The highest BCUT2D eigenvalue weighted by Crippen LogP contribution is 2.40. The van der Waals surface area contributed by atoms with Crippen molar-refractivity contribution >= 4 is 22.7 Å². The van der Waals surface area contributed by atoms with Crippen LogP contribution in [0.15, 0.2) is 94.6 Å². The molecule has 0 saturated heterocycles. The molecule has 4 aromatic rings. The zero-order chi connectivity index (χ0) is 23.1. The summed E-state index contributed by atoms with van der Waals surface area (Å²) in [6.07, 6.45) is 0. The van der Waals surface area contributed by atoms with Gasteiger partial charge < -0.3 is 14.4 Å². The number of Topliss-reactive ketones (excluding diaryl/α,β-unsaturated/α-hetero) is 1. The van der Waals surface area contributed by atoms with Crippen molar-refractivity contribution in [2.75, 3.05) is 0 Å². The summed E-state index contributed by atoms with van der Waals surface area (Å²) in [7, 11) is 0. The number of para-hydroxylation sites is 1. The Hall–Kier alpha value is -4.26. The predicted octanol–water partition coefficient (Wildman–Crippen LogP) is 5.49. The SMILES string of the molecule is O=C(C1=C(O)C(=O)N(Cc2ccc(F)cc2)C1c1ccc(F)cc1)c1cc2ccccc2o1. The Morgan fingerprint density at radius 2 is 1.58 bits per heavy atom. The summed E-state index contributed by atoms with van der Waals surface area (Å²) >= 11 is 0. The van der Waals surface area contributed by atoms with E-state index in [0.717, 1.165) is 0 Å². The molecule has 0 bridgehead atoms. The molecule has 1 atom stereocenters. The number of carbonyl (C=O) groups excluding carboxylic acids is 2. The number of amides is 1. The van der Waals surface area contributed by atoms with Crippen molar-refractivity contribution in [1.29, 1.82) is 0 Å². The average Bonchev–Trinajstić information content (AvgIpc) is 3.36. The molecule has 0 aliphatic carbocycles. The van der Waals surface area contributed by atoms with Crippen LogP contribution in [0.2, 0.25) is 0 Å². The lowest BCUT2D eigenvalue weighted by molar-refractivity contribution is -0.130. The Morgan fingerprint density at radius 1 is 0.939 bits per heavy atom. The molecule has 33 heavy (non-hydrogen) atoms. The van der Waals surface area contributed by atoms with E-state index in [2.05, 4.69) is 0 Å². The van der Waals surface area contributed by atoms with E-state index in [0.29, 0.717) is 22.1 Å². The minimum atomic E-state index is -0.983. The van der Waals surface area contributed by atoms with E-state index in [1.165, 1.54) is 53.4 Å². The molecule has 164 valence electrons. The third kappa shape index (κ3) is 3.67. The van der Waals surface area contributed by atoms with Crippen molar-refractivity contribution in [2.24, 2.45) is 0 Å². The molecule has 7 heteroatoms. The molecule has 1 aromatic heterocycles. The molecule has 5 rings (SSSR count). The Bertz CT molecular complexity index is 1370. The molecule has 0 saturated carbocycles. The van der Waals surface area contributed by atoms with Gasteiger partial charge in [-0.05, 0) is 47.5 Å². The lowest BCUT2D eigenvalue weighted by Gasteiger charge is -2.26. The number of rotatable bonds is 5. The Labute approximate surface area is 187 Å². The Balaban J connectivity index is 1.59. The van der Waals surface area contributed by atoms with E-state index in [1.54, 1.807) is 30.3 Å². The number of halogens is 2. The summed E-state index contributed by atoms with van der Waals surface area (Å²) in [4.78, 5) is 27.8. The van der Waals surface area contributed by atoms with Crippen molar-refractivity contribution in [3.05, 3.63) is 119 Å². The van der Waals surface area contributed by atoms with Gasteiger partial charge in [0, 0.05) is 11.9 Å². The van der Waals surface area contributed by atoms with Crippen LogP contribution in [0.3, 0.4) is 0 Å². The maximum Gasteiger partial charge on any atom is 0.290 e. The molecule has 0 fully saturated rings. The second-order valence-corrected chi connectivity index (χ2v) is 7.75. The van der Waals surface area contributed by atoms with Gasteiger partial charge in [0.2, 0.25) is 5.78 Å². The molecule has 1 N–H and O–H groups in total. The molecular formula is C26H17F2NO4. The van der Waals surface area contributed by atoms with Gasteiger partial charge in [0.05, 0.1) is 11.6 Å². The molecule has 0 radical (unpaired) electrons. The summed E-state index contributed by atoms with van der Waals surface area (Å²) in [6.45, 7) is 0.00211. The van der Waals surface area contributed by atoms with Crippen molar-refractivity contribution < 1.29 is 27.9 Å². The fourth-order valence-electron chi connectivity index (χ4n) is 4.05. The molecule has 1 amide bonds. The van der Waals surface area contributed by atoms with Crippen LogP contribution in [0.4, 0.5) is 8.78 Å². The Morgan fingerprint density at radius 3 is 2.24 bits per heavy atom. The lowest BCUT2D eigenvalue weighted by atomic mass is 9.94. The van der Waals surface area contributed by atoms with E-state index in [4.69, 9.17) is 4.42 Å². The normalized spacial score (nSPS) is 16.1. The van der Waals surface area contributed by atoms with E-state index in [1.807, 2.05) is 0 Å². The fraction of sp³-hybridized carbons (Fsp3) is 0.0769. The second-order valence-electron chi connectivity index (χ2n) is 7.75. The monoisotopic (exact) mass is 445 g/mol. The third-order valence-electron chi connectivity index (χ3n) is 5.65. The summed E-state index contributed by atoms with van der Waals surface area (Å²) < 4.78 is 32.6. The van der Waals surface area contributed by atoms with Crippen molar-refractivity contribution in [1.82, 2.24) is 4.90 Å². The number of aliphatic hydroxyl groups excluding tert-OH is 1. The van der Waals surface area contributed by atoms with Crippen molar-refractivity contribution in [2.45, 2.75) is 12.6 Å². The van der Waals surface area contributed by atoms with Crippen LogP contribution < -0.4 is 0 Å². The molecule has 1 aliphatic heterocycles. The maximum atomic E-state index is 13.6. The lowest BCUT2D eigenvalue weighted by Crippen LogP contribution is -2.30. The van der Waals surface area contributed by atoms with Crippen molar-refractivity contribution in [3.63, 3.8) is 0 Å². The first-order chi connectivity index (χ1) is 15.9. The van der Waals surface area contributed by atoms with Gasteiger partial charge in [0.25, 0.3) is 5.91 Å². The van der Waals surface area contributed by atoms with Crippen LogP contribution in [0, 0.1) is 11.6 Å². The minimum absolute atomic E-state index is 0.00211. The van der Waals surface area contributed by atoms with Crippen LogP contribution in [0.5, 0.6) is 0 Å². The van der Waals surface area contributed by atoms with E-state index >= 15 is 0 Å². The molecule has 5 nitrogen and oxygen atoms in total. The van der Waals surface area contributed by atoms with E-state index in [9.17, 15) is 23.5 Å². The largest absolute Gasteiger partial charge is 0.503 e. The number of ketones is 1. The van der Waals surface area contributed by atoms with E-state index < -0.39 is 35.1 Å². The van der Waals surface area contributed by atoms with Gasteiger partial charge in [0.15, 0.2) is 11.5 Å². The smallest absolute Gasteiger partial charge is 0.290 e. The first-order valence-electron chi connectivity index (χ1n) is 10.2. The standard InChI is InChI=1S/C26H17F2NO4/c27-18-9-5-15(6-10-18)14-29-23(16-7-11-19(28)12-8-16)22(25(31)26(29)32)24(30)21-13-17-3-1-2-4-20(17)33-21/h1-13,23,31H,14H2. The number of fused-ring (bicyclic) bond motifs is 1. The molecule has 1 unspecified atom stereocenters. The van der Waals surface area contributed by atoms with E-state index in [-0.39, 0.29) is 17.9 Å². The zero-order valence-corrected chi connectivity index (χ0v) is 17.2. The minimum Gasteiger partial charge on any atom is -0.503 e. The van der Waals surface area contributed by atoms with Gasteiger partial charge in [-0.1, -0.05) is 42.5 Å². The van der Waals surface area contributed by atoms with Gasteiger partial charge in [0.1, 0.15) is 17.2 Å². The van der Waals surface area contributed by atoms with Gasteiger partial charge in [-0.25, -0.2) is 8.78 Å². The number of benzene rings is 3.